The number of esters is 1. The Morgan fingerprint density at radius 3 is 2.63 bits per heavy atom. The lowest BCUT2D eigenvalue weighted by molar-refractivity contribution is -0.384. The van der Waals surface area contributed by atoms with E-state index in [0.717, 1.165) is 12.1 Å². The third-order valence-electron chi connectivity index (χ3n) is 3.58. The van der Waals surface area contributed by atoms with Crippen LogP contribution in [0.5, 0.6) is 5.75 Å². The van der Waals surface area contributed by atoms with Gasteiger partial charge in [-0.1, -0.05) is 11.6 Å². The fraction of sp³-hybridized carbons (Fsp3) is 0.0588. The quantitative estimate of drug-likeness (QED) is 0.258. The molecule has 0 saturated heterocycles. The second kappa shape index (κ2) is 7.12. The third kappa shape index (κ3) is 3.63. The van der Waals surface area contributed by atoms with E-state index in [-0.39, 0.29) is 39.2 Å². The molecular formula is C17H9ClF2N2O5. The van der Waals surface area contributed by atoms with E-state index in [4.69, 9.17) is 21.1 Å². The third-order valence-corrected chi connectivity index (χ3v) is 3.89. The number of methoxy groups -OCH3 is 1. The summed E-state index contributed by atoms with van der Waals surface area (Å²) in [6.07, 6.45) is 1.22. The van der Waals surface area contributed by atoms with E-state index in [1.807, 2.05) is 0 Å². The molecule has 0 amide bonds. The molecule has 0 spiro atoms. The highest BCUT2D eigenvalue weighted by atomic mass is 35.5. The zero-order valence-corrected chi connectivity index (χ0v) is 14.3. The van der Waals surface area contributed by atoms with Gasteiger partial charge in [-0.05, 0) is 24.3 Å². The number of benzene rings is 2. The maximum Gasteiger partial charge on any atom is 0.363 e. The molecule has 7 nitrogen and oxygen atoms in total. The van der Waals surface area contributed by atoms with Gasteiger partial charge in [0.05, 0.1) is 22.6 Å². The molecule has 0 saturated carbocycles. The van der Waals surface area contributed by atoms with Gasteiger partial charge in [0.25, 0.3) is 5.69 Å². The van der Waals surface area contributed by atoms with E-state index in [2.05, 4.69) is 4.99 Å². The molecule has 0 radical (unpaired) electrons. The van der Waals surface area contributed by atoms with Gasteiger partial charge in [-0.15, -0.1) is 0 Å². The molecule has 2 aromatic rings. The predicted octanol–water partition coefficient (Wildman–Crippen LogP) is 3.88. The number of hydrogen-bond acceptors (Lipinski definition) is 6. The Morgan fingerprint density at radius 2 is 1.96 bits per heavy atom. The molecule has 3 rings (SSSR count). The van der Waals surface area contributed by atoms with Gasteiger partial charge in [0, 0.05) is 17.7 Å². The lowest BCUT2D eigenvalue weighted by Gasteiger charge is -2.04. The summed E-state index contributed by atoms with van der Waals surface area (Å²) >= 11 is 5.85. The van der Waals surface area contributed by atoms with E-state index in [9.17, 15) is 23.7 Å². The van der Waals surface area contributed by atoms with Gasteiger partial charge in [0.15, 0.2) is 17.3 Å². The molecule has 2 aromatic carbocycles. The van der Waals surface area contributed by atoms with Gasteiger partial charge < -0.3 is 9.47 Å². The maximum absolute atomic E-state index is 13.4. The molecule has 0 atom stereocenters. The number of carbonyl (C=O) groups is 1. The SMILES string of the molecule is COc1ccc([N+](=O)[O-])cc1/C=C1\N=C(c2cc(F)c(F)cc2Cl)OC1=O. The van der Waals surface area contributed by atoms with Crippen molar-refractivity contribution in [1.29, 1.82) is 0 Å². The van der Waals surface area contributed by atoms with Crippen LogP contribution in [0.25, 0.3) is 6.08 Å². The minimum absolute atomic E-state index is 0.113. The molecule has 0 N–H and O–H groups in total. The van der Waals surface area contributed by atoms with Crippen molar-refractivity contribution in [2.24, 2.45) is 4.99 Å². The first-order valence-electron chi connectivity index (χ1n) is 7.30. The van der Waals surface area contributed by atoms with Crippen molar-refractivity contribution < 1.29 is 28.0 Å². The fourth-order valence-electron chi connectivity index (χ4n) is 2.31. The Bertz CT molecular complexity index is 1040. The Balaban J connectivity index is 2.06. The van der Waals surface area contributed by atoms with E-state index in [0.29, 0.717) is 0 Å². The maximum atomic E-state index is 13.4. The number of aliphatic imine (C=N–C) groups is 1. The molecule has 1 aliphatic heterocycles. The largest absolute Gasteiger partial charge is 0.496 e. The van der Waals surface area contributed by atoms with E-state index < -0.39 is 22.5 Å². The molecule has 1 aliphatic rings. The zero-order valence-electron chi connectivity index (χ0n) is 13.5. The van der Waals surface area contributed by atoms with Crippen LogP contribution in [0.1, 0.15) is 11.1 Å². The first-order chi connectivity index (χ1) is 12.8. The summed E-state index contributed by atoms with van der Waals surface area (Å²) in [6, 6.07) is 5.27. The highest BCUT2D eigenvalue weighted by Gasteiger charge is 2.27. The van der Waals surface area contributed by atoms with E-state index >= 15 is 0 Å². The zero-order chi connectivity index (χ0) is 19.7. The second-order valence-electron chi connectivity index (χ2n) is 5.27. The smallest absolute Gasteiger partial charge is 0.363 e. The highest BCUT2D eigenvalue weighted by molar-refractivity contribution is 6.34. The normalized spacial score (nSPS) is 14.9. The lowest BCUT2D eigenvalue weighted by Crippen LogP contribution is -2.07. The van der Waals surface area contributed by atoms with Crippen LogP contribution in [0.3, 0.4) is 0 Å². The summed E-state index contributed by atoms with van der Waals surface area (Å²) in [4.78, 5) is 26.3. The van der Waals surface area contributed by atoms with Gasteiger partial charge in [-0.2, -0.15) is 0 Å². The number of halogens is 3. The van der Waals surface area contributed by atoms with Crippen LogP contribution in [0.15, 0.2) is 41.0 Å². The number of carbonyl (C=O) groups excluding carboxylic acids is 1. The van der Waals surface area contributed by atoms with Gasteiger partial charge in [0.1, 0.15) is 5.75 Å². The number of hydrogen-bond donors (Lipinski definition) is 0. The molecule has 0 aliphatic carbocycles. The summed E-state index contributed by atoms with van der Waals surface area (Å²) in [6.45, 7) is 0. The van der Waals surface area contributed by atoms with Crippen LogP contribution >= 0.6 is 11.6 Å². The van der Waals surface area contributed by atoms with Crippen molar-refractivity contribution in [3.8, 4) is 5.75 Å². The molecule has 0 fully saturated rings. The molecule has 0 aromatic heterocycles. The minimum atomic E-state index is -1.19. The first-order valence-corrected chi connectivity index (χ1v) is 7.68. The number of ether oxygens (including phenoxy) is 2. The van der Waals surface area contributed by atoms with Gasteiger partial charge in [-0.3, -0.25) is 10.1 Å². The van der Waals surface area contributed by atoms with Crippen LogP contribution in [-0.2, 0) is 9.53 Å². The average molecular weight is 395 g/mol. The fourth-order valence-corrected chi connectivity index (χ4v) is 2.54. The summed E-state index contributed by atoms with van der Waals surface area (Å²) < 4.78 is 36.7. The van der Waals surface area contributed by atoms with Crippen molar-refractivity contribution in [2.45, 2.75) is 0 Å². The Labute approximate surface area is 155 Å². The average Bonchev–Trinajstić information content (AvgIpc) is 2.98. The number of nitro benzene ring substituents is 1. The predicted molar refractivity (Wildman–Crippen MR) is 91.6 cm³/mol. The molecule has 0 bridgehead atoms. The van der Waals surface area contributed by atoms with Gasteiger partial charge in [-0.25, -0.2) is 18.6 Å². The highest BCUT2D eigenvalue weighted by Crippen LogP contribution is 2.29. The van der Waals surface area contributed by atoms with Crippen LogP contribution in [0.4, 0.5) is 14.5 Å². The van der Waals surface area contributed by atoms with Gasteiger partial charge >= 0.3 is 5.97 Å². The van der Waals surface area contributed by atoms with Crippen LogP contribution in [0.2, 0.25) is 5.02 Å². The van der Waals surface area contributed by atoms with Crippen LogP contribution < -0.4 is 4.74 Å². The van der Waals surface area contributed by atoms with Crippen molar-refractivity contribution in [2.75, 3.05) is 7.11 Å². The topological polar surface area (TPSA) is 91.0 Å². The van der Waals surface area contributed by atoms with E-state index in [1.165, 1.54) is 31.4 Å². The lowest BCUT2D eigenvalue weighted by atomic mass is 10.1. The molecule has 10 heteroatoms. The summed E-state index contributed by atoms with van der Waals surface area (Å²) in [5, 5.41) is 10.7. The standard InChI is InChI=1S/C17H9ClF2N2O5/c1-26-15-3-2-9(22(24)25)4-8(15)5-14-17(23)27-16(21-14)10-6-12(19)13(20)7-11(10)18/h2-7H,1H3/b14-5-. The molecule has 0 unspecified atom stereocenters. The van der Waals surface area contributed by atoms with Crippen molar-refractivity contribution in [3.05, 3.63) is 73.9 Å². The number of nitro groups is 1. The second-order valence-corrected chi connectivity index (χ2v) is 5.67. The summed E-state index contributed by atoms with van der Waals surface area (Å²) in [7, 11) is 1.35. The molecule has 138 valence electrons. The van der Waals surface area contributed by atoms with Crippen LogP contribution in [-0.4, -0.2) is 23.9 Å². The molecule has 1 heterocycles. The van der Waals surface area contributed by atoms with Crippen molar-refractivity contribution in [1.82, 2.24) is 0 Å². The molecular weight excluding hydrogens is 386 g/mol. The number of cyclic esters (lactones) is 1. The number of nitrogens with zero attached hydrogens (tertiary/aromatic N) is 2. The van der Waals surface area contributed by atoms with Crippen LogP contribution in [0, 0.1) is 21.7 Å². The van der Waals surface area contributed by atoms with Crippen molar-refractivity contribution >= 4 is 35.2 Å². The number of non-ortho nitro benzene ring substituents is 1. The Kier molecular flexibility index (Phi) is 4.87. The van der Waals surface area contributed by atoms with Gasteiger partial charge in [0.2, 0.25) is 5.90 Å². The molecule has 27 heavy (non-hydrogen) atoms. The summed E-state index contributed by atoms with van der Waals surface area (Å²) in [5.41, 5.74) is -0.343. The summed E-state index contributed by atoms with van der Waals surface area (Å²) in [5.74, 6) is -3.30. The monoisotopic (exact) mass is 394 g/mol. The Morgan fingerprint density at radius 1 is 1.26 bits per heavy atom. The van der Waals surface area contributed by atoms with E-state index in [1.54, 1.807) is 0 Å². The minimum Gasteiger partial charge on any atom is -0.496 e. The number of rotatable bonds is 4. The Hall–Kier alpha value is -3.33. The first kappa shape index (κ1) is 18.5. The van der Waals surface area contributed by atoms with Crippen molar-refractivity contribution in [3.63, 3.8) is 0 Å².